The van der Waals surface area contributed by atoms with Crippen LogP contribution in [-0.4, -0.2) is 17.0 Å². The molecule has 0 atom stereocenters. The van der Waals surface area contributed by atoms with E-state index in [0.717, 1.165) is 37.8 Å². The van der Waals surface area contributed by atoms with E-state index in [0.29, 0.717) is 18.6 Å². The summed E-state index contributed by atoms with van der Waals surface area (Å²) >= 11 is 0. The molecular formula is C21H23F3N2O2. The third-order valence-corrected chi connectivity index (χ3v) is 5.11. The number of hydrogen-bond donors (Lipinski definition) is 1. The minimum atomic E-state index is -4.55. The highest BCUT2D eigenvalue weighted by Crippen LogP contribution is 2.30. The summed E-state index contributed by atoms with van der Waals surface area (Å²) in [5, 5.41) is 2.63. The number of allylic oxidation sites excluding steroid dienone is 1. The van der Waals surface area contributed by atoms with Crippen molar-refractivity contribution in [2.45, 2.75) is 51.7 Å². The standard InChI is InChI=1S/C21H23F3N2O2/c1-2-26-13-17(20(28)25-11-10-14-6-4-3-5-7-14)19(27)16-12-15(21(22,23)24)8-9-18(16)26/h6,8-9,12-13H,2-5,7,10-11H2,1H3,(H,25,28). The van der Waals surface area contributed by atoms with Crippen LogP contribution in [0.5, 0.6) is 0 Å². The summed E-state index contributed by atoms with van der Waals surface area (Å²) < 4.78 is 40.7. The molecule has 1 aromatic carbocycles. The van der Waals surface area contributed by atoms with E-state index >= 15 is 0 Å². The van der Waals surface area contributed by atoms with E-state index in [-0.39, 0.29) is 10.9 Å². The molecule has 1 N–H and O–H groups in total. The zero-order valence-corrected chi connectivity index (χ0v) is 15.7. The van der Waals surface area contributed by atoms with Crippen LogP contribution in [0.4, 0.5) is 13.2 Å². The molecule has 3 rings (SSSR count). The highest BCUT2D eigenvalue weighted by atomic mass is 19.4. The number of fused-ring (bicyclic) bond motifs is 1. The van der Waals surface area contributed by atoms with Crippen molar-refractivity contribution in [2.24, 2.45) is 0 Å². The van der Waals surface area contributed by atoms with Gasteiger partial charge in [-0.15, -0.1) is 0 Å². The lowest BCUT2D eigenvalue weighted by atomic mass is 9.97. The molecule has 0 saturated carbocycles. The lowest BCUT2D eigenvalue weighted by Crippen LogP contribution is -2.31. The van der Waals surface area contributed by atoms with E-state index in [4.69, 9.17) is 0 Å². The minimum Gasteiger partial charge on any atom is -0.352 e. The van der Waals surface area contributed by atoms with Gasteiger partial charge in [0.15, 0.2) is 0 Å². The van der Waals surface area contributed by atoms with E-state index < -0.39 is 23.1 Å². The van der Waals surface area contributed by atoms with Gasteiger partial charge in [-0.25, -0.2) is 0 Å². The van der Waals surface area contributed by atoms with E-state index in [1.165, 1.54) is 24.3 Å². The molecule has 0 unspecified atom stereocenters. The molecule has 1 heterocycles. The van der Waals surface area contributed by atoms with E-state index in [2.05, 4.69) is 11.4 Å². The van der Waals surface area contributed by atoms with Crippen molar-refractivity contribution in [1.29, 1.82) is 0 Å². The molecule has 0 bridgehead atoms. The highest BCUT2D eigenvalue weighted by molar-refractivity contribution is 5.97. The Labute approximate surface area is 161 Å². The molecule has 0 saturated heterocycles. The summed E-state index contributed by atoms with van der Waals surface area (Å²) in [5.74, 6) is -0.553. The lowest BCUT2D eigenvalue weighted by Gasteiger charge is -2.15. The Kier molecular flexibility index (Phi) is 5.91. The van der Waals surface area contributed by atoms with Gasteiger partial charge in [-0.05, 0) is 57.2 Å². The first-order valence-corrected chi connectivity index (χ1v) is 9.51. The number of alkyl halides is 3. The number of pyridine rings is 1. The van der Waals surface area contributed by atoms with Crippen molar-refractivity contribution >= 4 is 16.8 Å². The first-order valence-electron chi connectivity index (χ1n) is 9.51. The molecule has 0 aliphatic heterocycles. The predicted octanol–water partition coefficient (Wildman–Crippen LogP) is 4.66. The maximum absolute atomic E-state index is 13.0. The zero-order valence-electron chi connectivity index (χ0n) is 15.7. The average molecular weight is 392 g/mol. The number of benzene rings is 1. The first kappa shape index (κ1) is 20.2. The predicted molar refractivity (Wildman–Crippen MR) is 102 cm³/mol. The molecule has 0 radical (unpaired) electrons. The molecule has 1 amide bonds. The van der Waals surface area contributed by atoms with Crippen molar-refractivity contribution in [3.05, 3.63) is 57.4 Å². The van der Waals surface area contributed by atoms with Gasteiger partial charge in [0.2, 0.25) is 5.43 Å². The monoisotopic (exact) mass is 392 g/mol. The maximum atomic E-state index is 13.0. The number of carbonyl (C=O) groups excluding carboxylic acids is 1. The van der Waals surface area contributed by atoms with Crippen LogP contribution in [0.1, 0.15) is 54.9 Å². The molecule has 0 fully saturated rings. The zero-order chi connectivity index (χ0) is 20.3. The van der Waals surface area contributed by atoms with Gasteiger partial charge in [0.1, 0.15) is 5.56 Å². The molecule has 7 heteroatoms. The van der Waals surface area contributed by atoms with Crippen molar-refractivity contribution in [1.82, 2.24) is 9.88 Å². The summed E-state index contributed by atoms with van der Waals surface area (Å²) in [4.78, 5) is 25.3. The Bertz CT molecular complexity index is 974. The fraction of sp³-hybridized carbons (Fsp3) is 0.429. The molecule has 2 aromatic rings. The summed E-state index contributed by atoms with van der Waals surface area (Å²) in [6, 6.07) is 3.05. The van der Waals surface area contributed by atoms with Crippen LogP contribution in [0.25, 0.3) is 10.9 Å². The van der Waals surface area contributed by atoms with Crippen molar-refractivity contribution in [3.8, 4) is 0 Å². The van der Waals surface area contributed by atoms with Gasteiger partial charge < -0.3 is 9.88 Å². The number of aryl methyl sites for hydroxylation is 1. The molecule has 0 spiro atoms. The van der Waals surface area contributed by atoms with Crippen LogP contribution in [0.3, 0.4) is 0 Å². The number of carbonyl (C=O) groups is 1. The van der Waals surface area contributed by atoms with Crippen LogP contribution in [0.2, 0.25) is 0 Å². The number of rotatable bonds is 5. The number of halogens is 3. The van der Waals surface area contributed by atoms with E-state index in [9.17, 15) is 22.8 Å². The number of nitrogens with zero attached hydrogens (tertiary/aromatic N) is 1. The summed E-state index contributed by atoms with van der Waals surface area (Å²) in [5.41, 5.74) is -0.0386. The molecule has 28 heavy (non-hydrogen) atoms. The molecular weight excluding hydrogens is 369 g/mol. The van der Waals surface area contributed by atoms with Crippen molar-refractivity contribution in [2.75, 3.05) is 6.54 Å². The van der Waals surface area contributed by atoms with Crippen molar-refractivity contribution in [3.63, 3.8) is 0 Å². The normalized spacial score (nSPS) is 14.8. The SMILES string of the molecule is CCn1cc(C(=O)NCCC2=CCCCC2)c(=O)c2cc(C(F)(F)F)ccc21. The fourth-order valence-electron chi connectivity index (χ4n) is 3.56. The van der Waals surface area contributed by atoms with Crippen LogP contribution >= 0.6 is 0 Å². The van der Waals surface area contributed by atoms with Crippen LogP contribution in [0.15, 0.2) is 40.8 Å². The number of amides is 1. The molecule has 150 valence electrons. The fourth-order valence-corrected chi connectivity index (χ4v) is 3.56. The Morgan fingerprint density at radius 1 is 1.25 bits per heavy atom. The van der Waals surface area contributed by atoms with Crippen LogP contribution in [0, 0.1) is 0 Å². The Morgan fingerprint density at radius 3 is 2.68 bits per heavy atom. The van der Waals surface area contributed by atoms with Gasteiger partial charge in [-0.1, -0.05) is 11.6 Å². The van der Waals surface area contributed by atoms with Gasteiger partial charge in [0, 0.05) is 24.7 Å². The topological polar surface area (TPSA) is 51.1 Å². The molecule has 1 aliphatic carbocycles. The summed E-state index contributed by atoms with van der Waals surface area (Å²) in [6.45, 7) is 2.63. The molecule has 1 aliphatic rings. The van der Waals surface area contributed by atoms with Crippen molar-refractivity contribution < 1.29 is 18.0 Å². The van der Waals surface area contributed by atoms with Gasteiger partial charge in [-0.3, -0.25) is 9.59 Å². The Balaban J connectivity index is 1.89. The smallest absolute Gasteiger partial charge is 0.352 e. The number of nitrogens with one attached hydrogen (secondary N) is 1. The maximum Gasteiger partial charge on any atom is 0.416 e. The largest absolute Gasteiger partial charge is 0.416 e. The second-order valence-electron chi connectivity index (χ2n) is 7.00. The second kappa shape index (κ2) is 8.20. The molecule has 1 aromatic heterocycles. The first-order chi connectivity index (χ1) is 13.3. The van der Waals surface area contributed by atoms with Gasteiger partial charge in [-0.2, -0.15) is 13.2 Å². The van der Waals surface area contributed by atoms with Crippen LogP contribution in [-0.2, 0) is 12.7 Å². The second-order valence-corrected chi connectivity index (χ2v) is 7.00. The van der Waals surface area contributed by atoms with E-state index in [1.54, 1.807) is 11.5 Å². The number of aromatic nitrogens is 1. The average Bonchev–Trinajstić information content (AvgIpc) is 2.68. The lowest BCUT2D eigenvalue weighted by molar-refractivity contribution is -0.137. The Hall–Kier alpha value is -2.57. The van der Waals surface area contributed by atoms with E-state index in [1.807, 2.05) is 0 Å². The third kappa shape index (κ3) is 4.29. The quantitative estimate of drug-likeness (QED) is 0.753. The minimum absolute atomic E-state index is 0.0979. The summed E-state index contributed by atoms with van der Waals surface area (Å²) in [6.07, 6.45) is 4.19. The van der Waals surface area contributed by atoms with Gasteiger partial charge in [0.25, 0.3) is 5.91 Å². The van der Waals surface area contributed by atoms with Gasteiger partial charge in [0.05, 0.1) is 11.1 Å². The van der Waals surface area contributed by atoms with Gasteiger partial charge >= 0.3 is 6.18 Å². The highest BCUT2D eigenvalue weighted by Gasteiger charge is 2.31. The Morgan fingerprint density at radius 2 is 2.04 bits per heavy atom. The summed E-state index contributed by atoms with van der Waals surface area (Å²) in [7, 11) is 0. The third-order valence-electron chi connectivity index (χ3n) is 5.11. The van der Waals surface area contributed by atoms with Crippen LogP contribution < -0.4 is 10.7 Å². The molecule has 4 nitrogen and oxygen atoms in total. The number of hydrogen-bond acceptors (Lipinski definition) is 2.